The number of rotatable bonds is 3. The van der Waals surface area contributed by atoms with Crippen molar-refractivity contribution in [2.45, 2.75) is 31.7 Å². The summed E-state index contributed by atoms with van der Waals surface area (Å²) in [7, 11) is 1.54. The van der Waals surface area contributed by atoms with E-state index in [1.807, 2.05) is 0 Å². The number of benzene rings is 1. The molecule has 4 heteroatoms. The molecule has 2 unspecified atom stereocenters. The first-order chi connectivity index (χ1) is 8.63. The lowest BCUT2D eigenvalue weighted by Crippen LogP contribution is -2.38. The Labute approximate surface area is 112 Å². The van der Waals surface area contributed by atoms with Crippen LogP contribution in [0.4, 0.5) is 0 Å². The first-order valence-electron chi connectivity index (χ1n) is 6.27. The zero-order chi connectivity index (χ0) is 13.1. The van der Waals surface area contributed by atoms with Crippen LogP contribution in [-0.2, 0) is 0 Å². The highest BCUT2D eigenvalue weighted by atomic mass is 35.5. The molecule has 2 rings (SSSR count). The number of carbonyl (C=O) groups is 1. The lowest BCUT2D eigenvalue weighted by atomic mass is 9.80. The van der Waals surface area contributed by atoms with Gasteiger partial charge in [-0.3, -0.25) is 4.79 Å². The topological polar surface area (TPSA) is 52.3 Å². The highest BCUT2D eigenvalue weighted by molar-refractivity contribution is 6.32. The number of carbonyl (C=O) groups excluding carboxylic acids is 1. The second-order valence-corrected chi connectivity index (χ2v) is 5.18. The Balaban J connectivity index is 2.22. The van der Waals surface area contributed by atoms with Crippen LogP contribution in [0.15, 0.2) is 18.2 Å². The van der Waals surface area contributed by atoms with Crippen LogP contribution in [0.2, 0.25) is 5.02 Å². The number of nitrogens with two attached hydrogens (primary N) is 1. The van der Waals surface area contributed by atoms with Crippen LogP contribution in [0.5, 0.6) is 5.75 Å². The number of ether oxygens (including phenoxy) is 1. The van der Waals surface area contributed by atoms with Crippen molar-refractivity contribution >= 4 is 17.4 Å². The van der Waals surface area contributed by atoms with E-state index in [0.29, 0.717) is 16.3 Å². The molecule has 3 nitrogen and oxygen atoms in total. The predicted octanol–water partition coefficient (Wildman–Crippen LogP) is 3.05. The fourth-order valence-electron chi connectivity index (χ4n) is 2.51. The van der Waals surface area contributed by atoms with Crippen molar-refractivity contribution in [3.05, 3.63) is 28.8 Å². The SMILES string of the molecule is COc1cc(C(=O)C2CCCCC2N)ccc1Cl. The van der Waals surface area contributed by atoms with Crippen LogP contribution in [0.1, 0.15) is 36.0 Å². The average Bonchev–Trinajstić information content (AvgIpc) is 2.39. The zero-order valence-corrected chi connectivity index (χ0v) is 11.2. The molecule has 0 spiro atoms. The third-order valence-corrected chi connectivity index (χ3v) is 3.90. The van der Waals surface area contributed by atoms with E-state index in [1.165, 1.54) is 0 Å². The maximum Gasteiger partial charge on any atom is 0.167 e. The summed E-state index contributed by atoms with van der Waals surface area (Å²) in [5, 5.41) is 0.516. The normalized spacial score (nSPS) is 23.7. The monoisotopic (exact) mass is 267 g/mol. The number of Topliss-reactive ketones (excluding diaryl/α,β-unsaturated/α-hetero) is 1. The Morgan fingerprint density at radius 2 is 2.11 bits per heavy atom. The minimum absolute atomic E-state index is 0.0204. The Bertz CT molecular complexity index is 447. The molecule has 18 heavy (non-hydrogen) atoms. The van der Waals surface area contributed by atoms with Crippen LogP contribution in [0.25, 0.3) is 0 Å². The lowest BCUT2D eigenvalue weighted by molar-refractivity contribution is 0.0871. The van der Waals surface area contributed by atoms with E-state index in [2.05, 4.69) is 0 Å². The van der Waals surface area contributed by atoms with Gasteiger partial charge in [-0.2, -0.15) is 0 Å². The van der Waals surface area contributed by atoms with Gasteiger partial charge in [0.15, 0.2) is 5.78 Å². The Hall–Kier alpha value is -1.06. The van der Waals surface area contributed by atoms with E-state index in [9.17, 15) is 4.79 Å². The van der Waals surface area contributed by atoms with Crippen LogP contribution in [0.3, 0.4) is 0 Å². The molecule has 0 radical (unpaired) electrons. The summed E-state index contributed by atoms with van der Waals surface area (Å²) in [5.41, 5.74) is 6.68. The smallest absolute Gasteiger partial charge is 0.167 e. The van der Waals surface area contributed by atoms with E-state index >= 15 is 0 Å². The van der Waals surface area contributed by atoms with Gasteiger partial charge in [-0.1, -0.05) is 24.4 Å². The molecule has 98 valence electrons. The highest BCUT2D eigenvalue weighted by Crippen LogP contribution is 2.30. The van der Waals surface area contributed by atoms with Gasteiger partial charge in [0.05, 0.1) is 12.1 Å². The maximum absolute atomic E-state index is 12.4. The van der Waals surface area contributed by atoms with Crippen molar-refractivity contribution in [2.75, 3.05) is 7.11 Å². The van der Waals surface area contributed by atoms with E-state index < -0.39 is 0 Å². The van der Waals surface area contributed by atoms with E-state index in [1.54, 1.807) is 25.3 Å². The van der Waals surface area contributed by atoms with Crippen molar-refractivity contribution in [1.29, 1.82) is 0 Å². The van der Waals surface area contributed by atoms with Gasteiger partial charge in [0, 0.05) is 17.5 Å². The number of hydrogen-bond acceptors (Lipinski definition) is 3. The molecule has 0 bridgehead atoms. The number of methoxy groups -OCH3 is 1. The van der Waals surface area contributed by atoms with E-state index in [-0.39, 0.29) is 17.7 Å². The number of hydrogen-bond donors (Lipinski definition) is 1. The minimum atomic E-state index is -0.0652. The van der Waals surface area contributed by atoms with Crippen molar-refractivity contribution in [3.8, 4) is 5.75 Å². The van der Waals surface area contributed by atoms with Gasteiger partial charge < -0.3 is 10.5 Å². The number of ketones is 1. The first-order valence-corrected chi connectivity index (χ1v) is 6.64. The molecule has 1 aliphatic carbocycles. The lowest BCUT2D eigenvalue weighted by Gasteiger charge is -2.27. The van der Waals surface area contributed by atoms with Crippen molar-refractivity contribution in [3.63, 3.8) is 0 Å². The van der Waals surface area contributed by atoms with Gasteiger partial charge >= 0.3 is 0 Å². The summed E-state index contributed by atoms with van der Waals surface area (Å²) in [5.74, 6) is 0.577. The van der Waals surface area contributed by atoms with Crippen LogP contribution < -0.4 is 10.5 Å². The van der Waals surface area contributed by atoms with Crippen molar-refractivity contribution in [2.24, 2.45) is 11.7 Å². The molecule has 1 aromatic carbocycles. The van der Waals surface area contributed by atoms with Crippen molar-refractivity contribution in [1.82, 2.24) is 0 Å². The standard InChI is InChI=1S/C14H18ClNO2/c1-18-13-8-9(6-7-11(13)15)14(17)10-4-2-3-5-12(10)16/h6-8,10,12H,2-5,16H2,1H3. The highest BCUT2D eigenvalue weighted by Gasteiger charge is 2.29. The fraction of sp³-hybridized carbons (Fsp3) is 0.500. The third-order valence-electron chi connectivity index (χ3n) is 3.59. The molecule has 0 amide bonds. The maximum atomic E-state index is 12.4. The average molecular weight is 268 g/mol. The molecule has 0 saturated heterocycles. The molecule has 1 aromatic rings. The van der Waals surface area contributed by atoms with Gasteiger partial charge in [0.1, 0.15) is 5.75 Å². The molecular formula is C14H18ClNO2. The van der Waals surface area contributed by atoms with Crippen LogP contribution >= 0.6 is 11.6 Å². The quantitative estimate of drug-likeness (QED) is 0.857. The molecular weight excluding hydrogens is 250 g/mol. The van der Waals surface area contributed by atoms with E-state index in [0.717, 1.165) is 25.7 Å². The molecule has 0 aliphatic heterocycles. The Morgan fingerprint density at radius 3 is 2.78 bits per heavy atom. The summed E-state index contributed by atoms with van der Waals surface area (Å²) in [6.45, 7) is 0. The Kier molecular flexibility index (Phi) is 4.25. The Morgan fingerprint density at radius 1 is 1.39 bits per heavy atom. The zero-order valence-electron chi connectivity index (χ0n) is 10.5. The predicted molar refractivity (Wildman–Crippen MR) is 72.3 cm³/mol. The summed E-state index contributed by atoms with van der Waals surface area (Å²) in [4.78, 5) is 12.4. The molecule has 1 saturated carbocycles. The van der Waals surface area contributed by atoms with Gasteiger partial charge in [0.2, 0.25) is 0 Å². The second kappa shape index (κ2) is 5.72. The van der Waals surface area contributed by atoms with Gasteiger partial charge in [-0.05, 0) is 31.0 Å². The molecule has 1 aliphatic rings. The molecule has 2 atom stereocenters. The fourth-order valence-corrected chi connectivity index (χ4v) is 2.71. The van der Waals surface area contributed by atoms with Gasteiger partial charge in [0.25, 0.3) is 0 Å². The summed E-state index contributed by atoms with van der Waals surface area (Å²) in [6.07, 6.45) is 4.01. The first kappa shape index (κ1) is 13.4. The number of halogens is 1. The molecule has 2 N–H and O–H groups in total. The van der Waals surface area contributed by atoms with E-state index in [4.69, 9.17) is 22.1 Å². The van der Waals surface area contributed by atoms with Crippen LogP contribution in [-0.4, -0.2) is 18.9 Å². The second-order valence-electron chi connectivity index (χ2n) is 4.77. The van der Waals surface area contributed by atoms with Crippen molar-refractivity contribution < 1.29 is 9.53 Å². The molecule has 0 heterocycles. The van der Waals surface area contributed by atoms with Crippen LogP contribution in [0, 0.1) is 5.92 Å². The summed E-state index contributed by atoms with van der Waals surface area (Å²) in [6, 6.07) is 5.12. The summed E-state index contributed by atoms with van der Waals surface area (Å²) < 4.78 is 5.13. The third kappa shape index (κ3) is 2.68. The van der Waals surface area contributed by atoms with Gasteiger partial charge in [-0.15, -0.1) is 0 Å². The minimum Gasteiger partial charge on any atom is -0.495 e. The molecule has 0 aromatic heterocycles. The molecule has 1 fully saturated rings. The summed E-state index contributed by atoms with van der Waals surface area (Å²) >= 11 is 5.95. The largest absolute Gasteiger partial charge is 0.495 e. The van der Waals surface area contributed by atoms with Gasteiger partial charge in [-0.25, -0.2) is 0 Å².